The highest BCUT2D eigenvalue weighted by molar-refractivity contribution is 6.20. The van der Waals surface area contributed by atoms with Gasteiger partial charge in [0.25, 0.3) is 0 Å². The number of methoxy groups -OCH3 is 1. The number of hydrogen-bond acceptors (Lipinski definition) is 3. The van der Waals surface area contributed by atoms with Crippen molar-refractivity contribution in [2.24, 2.45) is 5.92 Å². The molecule has 19 heavy (non-hydrogen) atoms. The lowest BCUT2D eigenvalue weighted by molar-refractivity contribution is 0.156. The van der Waals surface area contributed by atoms with E-state index in [9.17, 15) is 0 Å². The molecule has 0 saturated carbocycles. The first kappa shape index (κ1) is 14.5. The first-order valence-corrected chi connectivity index (χ1v) is 7.26. The van der Waals surface area contributed by atoms with Crippen LogP contribution in [0.4, 0.5) is 0 Å². The summed E-state index contributed by atoms with van der Waals surface area (Å²) in [4.78, 5) is 2.42. The Labute approximate surface area is 120 Å². The van der Waals surface area contributed by atoms with Gasteiger partial charge in [-0.2, -0.15) is 0 Å². The molecule has 106 valence electrons. The number of hydrogen-bond donors (Lipinski definition) is 0. The fraction of sp³-hybridized carbons (Fsp3) is 0.600. The van der Waals surface area contributed by atoms with Crippen molar-refractivity contribution in [3.63, 3.8) is 0 Å². The number of rotatable bonds is 5. The zero-order chi connectivity index (χ0) is 13.7. The van der Waals surface area contributed by atoms with Gasteiger partial charge < -0.3 is 9.47 Å². The first-order valence-electron chi connectivity index (χ1n) is 6.82. The second-order valence-electron chi connectivity index (χ2n) is 5.11. The Kier molecular flexibility index (Phi) is 5.34. The highest BCUT2D eigenvalue weighted by atomic mass is 35.5. The van der Waals surface area contributed by atoms with Crippen molar-refractivity contribution in [3.8, 4) is 11.5 Å². The van der Waals surface area contributed by atoms with Gasteiger partial charge in [0, 0.05) is 18.5 Å². The third-order valence-electron chi connectivity index (χ3n) is 3.62. The number of halogens is 1. The molecule has 3 nitrogen and oxygen atoms in total. The van der Waals surface area contributed by atoms with E-state index in [2.05, 4.69) is 11.8 Å². The Morgan fingerprint density at radius 3 is 2.58 bits per heavy atom. The van der Waals surface area contributed by atoms with Crippen LogP contribution in [-0.4, -0.2) is 43.6 Å². The molecule has 1 saturated heterocycles. The average Bonchev–Trinajstić information content (AvgIpc) is 2.43. The van der Waals surface area contributed by atoms with E-state index in [1.54, 1.807) is 7.11 Å². The van der Waals surface area contributed by atoms with Crippen LogP contribution in [0.1, 0.15) is 13.3 Å². The topological polar surface area (TPSA) is 21.7 Å². The predicted octanol–water partition coefficient (Wildman–Crippen LogP) is 3.02. The van der Waals surface area contributed by atoms with Crippen LogP contribution >= 0.6 is 11.6 Å². The molecule has 2 unspecified atom stereocenters. The largest absolute Gasteiger partial charge is 0.497 e. The van der Waals surface area contributed by atoms with E-state index in [1.807, 2.05) is 24.3 Å². The summed E-state index contributed by atoms with van der Waals surface area (Å²) in [6.07, 6.45) is 1.07. The minimum absolute atomic E-state index is 0.332. The van der Waals surface area contributed by atoms with Gasteiger partial charge in [-0.25, -0.2) is 0 Å². The number of benzene rings is 1. The number of alkyl halides is 1. The molecule has 0 spiro atoms. The molecule has 0 bridgehead atoms. The van der Waals surface area contributed by atoms with Gasteiger partial charge in [-0.1, -0.05) is 6.92 Å². The molecule has 0 radical (unpaired) electrons. The van der Waals surface area contributed by atoms with Crippen LogP contribution in [-0.2, 0) is 0 Å². The Morgan fingerprint density at radius 1 is 1.26 bits per heavy atom. The Hall–Kier alpha value is -0.930. The van der Waals surface area contributed by atoms with E-state index in [4.69, 9.17) is 21.1 Å². The molecular weight excluding hydrogens is 262 g/mol. The van der Waals surface area contributed by atoms with Crippen molar-refractivity contribution in [1.29, 1.82) is 0 Å². The summed E-state index contributed by atoms with van der Waals surface area (Å²) in [5, 5.41) is 0.332. The summed E-state index contributed by atoms with van der Waals surface area (Å²) in [5.41, 5.74) is 0. The minimum atomic E-state index is 0.332. The fourth-order valence-electron chi connectivity index (χ4n) is 2.37. The van der Waals surface area contributed by atoms with Gasteiger partial charge in [-0.3, -0.25) is 4.90 Å². The zero-order valence-electron chi connectivity index (χ0n) is 11.6. The van der Waals surface area contributed by atoms with Gasteiger partial charge in [0.05, 0.1) is 7.11 Å². The summed E-state index contributed by atoms with van der Waals surface area (Å²) in [6.45, 7) is 6.03. The van der Waals surface area contributed by atoms with Gasteiger partial charge >= 0.3 is 0 Å². The van der Waals surface area contributed by atoms with Crippen molar-refractivity contribution < 1.29 is 9.47 Å². The average molecular weight is 284 g/mol. The van der Waals surface area contributed by atoms with Gasteiger partial charge in [-0.15, -0.1) is 11.6 Å². The smallest absolute Gasteiger partial charge is 0.119 e. The molecule has 1 aliphatic heterocycles. The zero-order valence-corrected chi connectivity index (χ0v) is 12.4. The van der Waals surface area contributed by atoms with Crippen LogP contribution in [0.15, 0.2) is 24.3 Å². The van der Waals surface area contributed by atoms with Gasteiger partial charge in [0.2, 0.25) is 0 Å². The molecule has 1 aliphatic rings. The monoisotopic (exact) mass is 283 g/mol. The van der Waals surface area contributed by atoms with Crippen LogP contribution < -0.4 is 9.47 Å². The highest BCUT2D eigenvalue weighted by Gasteiger charge is 2.23. The van der Waals surface area contributed by atoms with E-state index in [1.165, 1.54) is 0 Å². The molecule has 0 amide bonds. The minimum Gasteiger partial charge on any atom is -0.497 e. The molecule has 1 aromatic rings. The maximum atomic E-state index is 6.22. The van der Waals surface area contributed by atoms with Crippen LogP contribution in [0.25, 0.3) is 0 Å². The standard InChI is InChI=1S/C15H22ClNO2/c1-12-11-17(8-7-15(12)16)9-10-19-14-5-3-13(18-2)4-6-14/h3-6,12,15H,7-11H2,1-2H3. The summed E-state index contributed by atoms with van der Waals surface area (Å²) < 4.78 is 10.9. The second kappa shape index (κ2) is 7.01. The lowest BCUT2D eigenvalue weighted by Crippen LogP contribution is -2.41. The summed E-state index contributed by atoms with van der Waals surface area (Å²) in [7, 11) is 1.66. The number of piperidine rings is 1. The molecule has 1 fully saturated rings. The molecule has 4 heteroatoms. The third kappa shape index (κ3) is 4.29. The number of nitrogens with zero attached hydrogens (tertiary/aromatic N) is 1. The Balaban J connectivity index is 1.71. The molecular formula is C15H22ClNO2. The van der Waals surface area contributed by atoms with Crippen LogP contribution in [0, 0.1) is 5.92 Å². The van der Waals surface area contributed by atoms with Crippen LogP contribution in [0.2, 0.25) is 0 Å². The van der Waals surface area contributed by atoms with Crippen LogP contribution in [0.5, 0.6) is 11.5 Å². The van der Waals surface area contributed by atoms with E-state index in [-0.39, 0.29) is 0 Å². The molecule has 0 aromatic heterocycles. The van der Waals surface area contributed by atoms with E-state index in [0.717, 1.165) is 37.6 Å². The quantitative estimate of drug-likeness (QED) is 0.776. The van der Waals surface area contributed by atoms with E-state index in [0.29, 0.717) is 17.9 Å². The van der Waals surface area contributed by atoms with Crippen LogP contribution in [0.3, 0.4) is 0 Å². The molecule has 2 rings (SSSR count). The van der Waals surface area contributed by atoms with Crippen molar-refractivity contribution in [2.75, 3.05) is 33.4 Å². The van der Waals surface area contributed by atoms with Crippen molar-refractivity contribution in [2.45, 2.75) is 18.7 Å². The molecule has 2 atom stereocenters. The second-order valence-corrected chi connectivity index (χ2v) is 5.67. The van der Waals surface area contributed by atoms with Gasteiger partial charge in [0.15, 0.2) is 0 Å². The SMILES string of the molecule is COc1ccc(OCCN2CCC(Cl)C(C)C2)cc1. The van der Waals surface area contributed by atoms with Crippen molar-refractivity contribution in [1.82, 2.24) is 4.90 Å². The van der Waals surface area contributed by atoms with E-state index >= 15 is 0 Å². The lowest BCUT2D eigenvalue weighted by atomic mass is 10.00. The molecule has 0 N–H and O–H groups in total. The van der Waals surface area contributed by atoms with E-state index < -0.39 is 0 Å². The Bertz CT molecular complexity index is 382. The number of likely N-dealkylation sites (tertiary alicyclic amines) is 1. The van der Waals surface area contributed by atoms with Gasteiger partial charge in [0.1, 0.15) is 18.1 Å². The maximum Gasteiger partial charge on any atom is 0.119 e. The summed E-state index contributed by atoms with van der Waals surface area (Å²) in [5.74, 6) is 2.31. The number of ether oxygens (including phenoxy) is 2. The highest BCUT2D eigenvalue weighted by Crippen LogP contribution is 2.21. The maximum absolute atomic E-state index is 6.22. The predicted molar refractivity (Wildman–Crippen MR) is 78.4 cm³/mol. The third-order valence-corrected chi connectivity index (χ3v) is 4.27. The molecule has 1 aromatic carbocycles. The van der Waals surface area contributed by atoms with Crippen molar-refractivity contribution in [3.05, 3.63) is 24.3 Å². The molecule has 0 aliphatic carbocycles. The summed E-state index contributed by atoms with van der Waals surface area (Å²) >= 11 is 6.22. The fourth-order valence-corrected chi connectivity index (χ4v) is 2.55. The lowest BCUT2D eigenvalue weighted by Gasteiger charge is -2.33. The van der Waals surface area contributed by atoms with Crippen molar-refractivity contribution >= 4 is 11.6 Å². The molecule has 1 heterocycles. The Morgan fingerprint density at radius 2 is 1.95 bits per heavy atom. The first-order chi connectivity index (χ1) is 9.19. The normalized spacial score (nSPS) is 24.2. The summed E-state index contributed by atoms with van der Waals surface area (Å²) in [6, 6.07) is 7.70. The van der Waals surface area contributed by atoms with Gasteiger partial charge in [-0.05, 0) is 43.1 Å².